The molecule has 4 aromatic carbocycles. The number of nitro groups is 1. The summed E-state index contributed by atoms with van der Waals surface area (Å²) in [6.45, 7) is 0. The van der Waals surface area contributed by atoms with Crippen molar-refractivity contribution in [1.29, 1.82) is 0 Å². The molecule has 0 atom stereocenters. The summed E-state index contributed by atoms with van der Waals surface area (Å²) in [6, 6.07) is 19.2. The fourth-order valence-electron chi connectivity index (χ4n) is 3.47. The van der Waals surface area contributed by atoms with E-state index in [0.717, 1.165) is 48.0 Å². The molecule has 4 rings (SSSR count). The Balaban J connectivity index is 1.58. The summed E-state index contributed by atoms with van der Waals surface area (Å²) >= 11 is 0. The van der Waals surface area contributed by atoms with Crippen LogP contribution < -0.4 is 10.2 Å². The van der Waals surface area contributed by atoms with Crippen molar-refractivity contribution in [3.63, 3.8) is 0 Å². The van der Waals surface area contributed by atoms with Crippen molar-refractivity contribution in [3.8, 4) is 5.75 Å². The number of non-ortho nitro benzene ring substituents is 1. The van der Waals surface area contributed by atoms with E-state index in [1.165, 1.54) is 0 Å². The number of hydrogen-bond acceptors (Lipinski definition) is 6. The third-order valence-corrected chi connectivity index (χ3v) is 5.24. The van der Waals surface area contributed by atoms with Crippen molar-refractivity contribution in [2.75, 3.05) is 0 Å². The zero-order chi connectivity index (χ0) is 26.6. The molecule has 0 radical (unpaired) electrons. The Bertz CT molecular complexity index is 1550. The number of hydrazone groups is 1. The average Bonchev–Trinajstić information content (AvgIpc) is 2.88. The Hall–Kier alpha value is -5.06. The molecule has 0 aliphatic carbocycles. The summed E-state index contributed by atoms with van der Waals surface area (Å²) in [5.41, 5.74) is 0.822. The number of ether oxygens (including phenoxy) is 1. The van der Waals surface area contributed by atoms with Crippen LogP contribution in [0.1, 0.15) is 31.8 Å². The number of carbonyl (C=O) groups is 2. The fraction of sp³-hybridized carbons (Fsp3) is 0.0385. The van der Waals surface area contributed by atoms with Crippen molar-refractivity contribution < 1.29 is 32.4 Å². The van der Waals surface area contributed by atoms with Gasteiger partial charge < -0.3 is 4.74 Å². The number of amides is 1. The van der Waals surface area contributed by atoms with E-state index < -0.39 is 28.5 Å². The summed E-state index contributed by atoms with van der Waals surface area (Å²) in [7, 11) is 0. The molecule has 8 nitrogen and oxygen atoms in total. The minimum atomic E-state index is -4.66. The number of carbonyl (C=O) groups excluding carboxylic acids is 2. The maximum Gasteiger partial charge on any atom is 0.416 e. The summed E-state index contributed by atoms with van der Waals surface area (Å²) in [6.07, 6.45) is -3.63. The summed E-state index contributed by atoms with van der Waals surface area (Å²) in [5, 5.41) is 16.6. The zero-order valence-corrected chi connectivity index (χ0v) is 18.7. The van der Waals surface area contributed by atoms with Crippen molar-refractivity contribution in [2.24, 2.45) is 5.10 Å². The number of alkyl halides is 3. The molecule has 0 bridgehead atoms. The standard InChI is InChI=1S/C26H16F3N3O5/c27-26(28,29)19-8-3-7-17(13-19)25(34)37-23-12-11-20(32(35)36)14-18(23)15-30-31-24(33)22-10-4-6-16-5-1-2-9-21(16)22/h1-15H,(H,31,33)/b30-15+. The lowest BCUT2D eigenvalue weighted by molar-refractivity contribution is -0.384. The van der Waals surface area contributed by atoms with Gasteiger partial charge in [0.15, 0.2) is 0 Å². The third-order valence-electron chi connectivity index (χ3n) is 5.24. The van der Waals surface area contributed by atoms with Crippen LogP contribution in [0.3, 0.4) is 0 Å². The highest BCUT2D eigenvalue weighted by Crippen LogP contribution is 2.30. The quantitative estimate of drug-likeness (QED) is 0.117. The minimum Gasteiger partial charge on any atom is -0.422 e. The van der Waals surface area contributed by atoms with Crippen LogP contribution in [0, 0.1) is 10.1 Å². The number of benzene rings is 4. The van der Waals surface area contributed by atoms with Gasteiger partial charge in [-0.25, -0.2) is 10.2 Å². The molecule has 0 aromatic heterocycles. The molecule has 0 aliphatic rings. The monoisotopic (exact) mass is 507 g/mol. The van der Waals surface area contributed by atoms with Gasteiger partial charge in [0.1, 0.15) is 5.75 Å². The number of fused-ring (bicyclic) bond motifs is 1. The number of esters is 1. The molecule has 37 heavy (non-hydrogen) atoms. The maximum atomic E-state index is 13.0. The second-order valence-electron chi connectivity index (χ2n) is 7.67. The van der Waals surface area contributed by atoms with Crippen LogP contribution in [0.4, 0.5) is 18.9 Å². The van der Waals surface area contributed by atoms with Crippen LogP contribution in [0.5, 0.6) is 5.75 Å². The van der Waals surface area contributed by atoms with Gasteiger partial charge in [0.05, 0.1) is 22.3 Å². The molecule has 186 valence electrons. The van der Waals surface area contributed by atoms with Gasteiger partial charge >= 0.3 is 12.1 Å². The lowest BCUT2D eigenvalue weighted by Gasteiger charge is -2.10. The van der Waals surface area contributed by atoms with Gasteiger partial charge in [0.2, 0.25) is 0 Å². The van der Waals surface area contributed by atoms with Crippen LogP contribution in [0.2, 0.25) is 0 Å². The molecule has 1 amide bonds. The Morgan fingerprint density at radius 2 is 1.68 bits per heavy atom. The van der Waals surface area contributed by atoms with E-state index in [4.69, 9.17) is 4.74 Å². The molecule has 0 unspecified atom stereocenters. The molecule has 0 saturated carbocycles. The Kier molecular flexibility index (Phi) is 6.96. The number of hydrogen-bond donors (Lipinski definition) is 1. The number of nitrogens with zero attached hydrogens (tertiary/aromatic N) is 2. The lowest BCUT2D eigenvalue weighted by Crippen LogP contribution is -2.18. The number of nitrogens with one attached hydrogen (secondary N) is 1. The van der Waals surface area contributed by atoms with Crippen LogP contribution in [0.25, 0.3) is 10.8 Å². The molecule has 4 aromatic rings. The van der Waals surface area contributed by atoms with Gasteiger partial charge in [0, 0.05) is 23.3 Å². The molecular weight excluding hydrogens is 491 g/mol. The average molecular weight is 507 g/mol. The third kappa shape index (κ3) is 5.78. The Labute approximate surface area is 207 Å². The first-order valence-corrected chi connectivity index (χ1v) is 10.6. The molecule has 11 heteroatoms. The Morgan fingerprint density at radius 3 is 2.43 bits per heavy atom. The van der Waals surface area contributed by atoms with Crippen molar-refractivity contribution >= 4 is 34.6 Å². The van der Waals surface area contributed by atoms with Gasteiger partial charge in [-0.15, -0.1) is 0 Å². The van der Waals surface area contributed by atoms with Gasteiger partial charge in [-0.1, -0.05) is 42.5 Å². The van der Waals surface area contributed by atoms with Gasteiger partial charge in [0.25, 0.3) is 11.6 Å². The van der Waals surface area contributed by atoms with Crippen LogP contribution >= 0.6 is 0 Å². The summed E-state index contributed by atoms with van der Waals surface area (Å²) < 4.78 is 44.2. The van der Waals surface area contributed by atoms with Gasteiger partial charge in [-0.05, 0) is 41.1 Å². The zero-order valence-electron chi connectivity index (χ0n) is 18.7. The number of rotatable bonds is 6. The molecule has 0 fully saturated rings. The molecule has 1 N–H and O–H groups in total. The second-order valence-corrected chi connectivity index (χ2v) is 7.67. The van der Waals surface area contributed by atoms with Crippen molar-refractivity contribution in [2.45, 2.75) is 6.18 Å². The van der Waals surface area contributed by atoms with Crippen LogP contribution in [-0.4, -0.2) is 23.0 Å². The van der Waals surface area contributed by atoms with E-state index >= 15 is 0 Å². The first-order valence-electron chi connectivity index (χ1n) is 10.6. The topological polar surface area (TPSA) is 111 Å². The van der Waals surface area contributed by atoms with Crippen LogP contribution in [0.15, 0.2) is 90.0 Å². The maximum absolute atomic E-state index is 13.0. The predicted octanol–water partition coefficient (Wildman–Crippen LogP) is 5.75. The first kappa shape index (κ1) is 25.0. The van der Waals surface area contributed by atoms with E-state index in [1.807, 2.05) is 18.2 Å². The van der Waals surface area contributed by atoms with E-state index in [2.05, 4.69) is 10.5 Å². The minimum absolute atomic E-state index is 0.0623. The van der Waals surface area contributed by atoms with Crippen LogP contribution in [-0.2, 0) is 6.18 Å². The van der Waals surface area contributed by atoms with Gasteiger partial charge in [-0.2, -0.15) is 18.3 Å². The van der Waals surface area contributed by atoms with E-state index in [-0.39, 0.29) is 22.6 Å². The first-order chi connectivity index (χ1) is 17.6. The highest BCUT2D eigenvalue weighted by Gasteiger charge is 2.31. The lowest BCUT2D eigenvalue weighted by atomic mass is 10.0. The molecular formula is C26H16F3N3O5. The number of halogens is 3. The number of nitro benzene ring substituents is 1. The normalized spacial score (nSPS) is 11.4. The molecule has 0 heterocycles. The Morgan fingerprint density at radius 1 is 0.946 bits per heavy atom. The fourth-order valence-corrected chi connectivity index (χ4v) is 3.47. The highest BCUT2D eigenvalue weighted by molar-refractivity contribution is 6.07. The summed E-state index contributed by atoms with van der Waals surface area (Å²) in [5.74, 6) is -1.88. The molecule has 0 aliphatic heterocycles. The largest absolute Gasteiger partial charge is 0.422 e. The SMILES string of the molecule is O=C(Oc1ccc([N+](=O)[O-])cc1/C=N/NC(=O)c1cccc2ccccc12)c1cccc(C(F)(F)F)c1. The van der Waals surface area contributed by atoms with E-state index in [1.54, 1.807) is 24.3 Å². The highest BCUT2D eigenvalue weighted by atomic mass is 19.4. The van der Waals surface area contributed by atoms with Crippen molar-refractivity contribution in [3.05, 3.63) is 117 Å². The predicted molar refractivity (Wildman–Crippen MR) is 129 cm³/mol. The van der Waals surface area contributed by atoms with E-state index in [9.17, 15) is 32.9 Å². The van der Waals surface area contributed by atoms with Gasteiger partial charge in [-0.3, -0.25) is 14.9 Å². The van der Waals surface area contributed by atoms with E-state index in [0.29, 0.717) is 17.0 Å². The van der Waals surface area contributed by atoms with Crippen molar-refractivity contribution in [1.82, 2.24) is 5.43 Å². The smallest absolute Gasteiger partial charge is 0.416 e. The second kappa shape index (κ2) is 10.3. The molecule has 0 spiro atoms. The molecule has 0 saturated heterocycles. The summed E-state index contributed by atoms with van der Waals surface area (Å²) in [4.78, 5) is 35.7.